The van der Waals surface area contributed by atoms with Crippen molar-refractivity contribution in [2.45, 2.75) is 123 Å². The minimum atomic E-state index is -0.493. The first-order valence-electron chi connectivity index (χ1n) is 13.5. The van der Waals surface area contributed by atoms with Crippen LogP contribution < -0.4 is 0 Å². The van der Waals surface area contributed by atoms with E-state index >= 15 is 0 Å². The normalized spacial score (nSPS) is 10.8. The third kappa shape index (κ3) is 15.5. The summed E-state index contributed by atoms with van der Waals surface area (Å²) < 4.78 is 10.5. The molecular weight excluding hydrogens is 414 g/mol. The van der Waals surface area contributed by atoms with Gasteiger partial charge in [-0.1, -0.05) is 116 Å². The lowest BCUT2D eigenvalue weighted by atomic mass is 10.0. The fraction of sp³-hybridized carbons (Fsp3) is 0.750. The molecule has 0 N–H and O–H groups in total. The van der Waals surface area contributed by atoms with Gasteiger partial charge in [0.15, 0.2) is 0 Å². The number of ether oxygens (including phenoxy) is 2. The molecule has 0 unspecified atom stereocenters. The highest BCUT2D eigenvalue weighted by atomic mass is 16.5. The lowest BCUT2D eigenvalue weighted by molar-refractivity contribution is 0.0482. The average Bonchev–Trinajstić information content (AvgIpc) is 2.84. The minimum Gasteiger partial charge on any atom is -0.461 e. The van der Waals surface area contributed by atoms with Gasteiger partial charge in [0.1, 0.15) is 11.4 Å². The van der Waals surface area contributed by atoms with E-state index < -0.39 is 11.9 Å². The summed E-state index contributed by atoms with van der Waals surface area (Å²) in [6, 6.07) is 4.77. The first-order chi connectivity index (χ1) is 16.2. The van der Waals surface area contributed by atoms with E-state index in [9.17, 15) is 9.59 Å². The van der Waals surface area contributed by atoms with E-state index in [1.807, 2.05) is 0 Å². The standard InChI is InChI=1S/C28H47NO4/c1-3-5-7-8-9-10-11-12-13-14-15-16-17-19-24-33-28(31)26-22-20-21-25(29-26)27(30)32-23-18-6-4-2/h20-22H,3-19,23-24H2,1-2H3. The van der Waals surface area contributed by atoms with Crippen molar-refractivity contribution < 1.29 is 19.1 Å². The number of pyridine rings is 1. The third-order valence-corrected chi connectivity index (χ3v) is 5.88. The molecule has 0 fully saturated rings. The highest BCUT2D eigenvalue weighted by Gasteiger charge is 2.14. The summed E-state index contributed by atoms with van der Waals surface area (Å²) in [6.45, 7) is 5.13. The topological polar surface area (TPSA) is 65.5 Å². The van der Waals surface area contributed by atoms with Crippen molar-refractivity contribution >= 4 is 11.9 Å². The zero-order valence-corrected chi connectivity index (χ0v) is 21.2. The summed E-state index contributed by atoms with van der Waals surface area (Å²) in [7, 11) is 0. The maximum Gasteiger partial charge on any atom is 0.356 e. The largest absolute Gasteiger partial charge is 0.461 e. The molecule has 1 heterocycles. The van der Waals surface area contributed by atoms with E-state index in [1.165, 1.54) is 77.0 Å². The Bertz CT molecular complexity index is 632. The highest BCUT2D eigenvalue weighted by molar-refractivity contribution is 5.91. The second-order valence-electron chi connectivity index (χ2n) is 8.98. The number of aromatic nitrogens is 1. The van der Waals surface area contributed by atoms with Gasteiger partial charge in [0.25, 0.3) is 0 Å². The molecule has 0 aromatic carbocycles. The second kappa shape index (κ2) is 20.7. The van der Waals surface area contributed by atoms with E-state index in [1.54, 1.807) is 18.2 Å². The molecule has 0 saturated heterocycles. The van der Waals surface area contributed by atoms with Crippen molar-refractivity contribution in [1.82, 2.24) is 4.98 Å². The molecule has 0 amide bonds. The number of unbranched alkanes of at least 4 members (excludes halogenated alkanes) is 15. The molecule has 0 radical (unpaired) electrons. The number of carbonyl (C=O) groups excluding carboxylic acids is 2. The van der Waals surface area contributed by atoms with Crippen molar-refractivity contribution in [1.29, 1.82) is 0 Å². The summed E-state index contributed by atoms with van der Waals surface area (Å²) in [6.07, 6.45) is 21.0. The lowest BCUT2D eigenvalue weighted by Gasteiger charge is -2.07. The Morgan fingerprint density at radius 1 is 0.576 bits per heavy atom. The predicted molar refractivity (Wildman–Crippen MR) is 135 cm³/mol. The molecule has 1 rings (SSSR count). The van der Waals surface area contributed by atoms with Gasteiger partial charge in [0.2, 0.25) is 0 Å². The molecule has 0 atom stereocenters. The molecule has 1 aromatic heterocycles. The Kier molecular flexibility index (Phi) is 18.2. The minimum absolute atomic E-state index is 0.150. The summed E-state index contributed by atoms with van der Waals surface area (Å²) >= 11 is 0. The molecule has 5 nitrogen and oxygen atoms in total. The molecular formula is C28H47NO4. The SMILES string of the molecule is CCCCCCCCCCCCCCCCOC(=O)c1cccc(C(=O)OCCCCC)n1. The first kappa shape index (κ1) is 29.1. The van der Waals surface area contributed by atoms with Gasteiger partial charge in [-0.3, -0.25) is 0 Å². The van der Waals surface area contributed by atoms with E-state index in [0.717, 1.165) is 32.1 Å². The van der Waals surface area contributed by atoms with Gasteiger partial charge in [0, 0.05) is 0 Å². The van der Waals surface area contributed by atoms with Crippen molar-refractivity contribution in [2.75, 3.05) is 13.2 Å². The molecule has 33 heavy (non-hydrogen) atoms. The van der Waals surface area contributed by atoms with E-state index in [0.29, 0.717) is 13.2 Å². The van der Waals surface area contributed by atoms with Crippen molar-refractivity contribution in [3.63, 3.8) is 0 Å². The Hall–Kier alpha value is -1.91. The van der Waals surface area contributed by atoms with Crippen LogP contribution in [-0.4, -0.2) is 30.1 Å². The van der Waals surface area contributed by atoms with Crippen LogP contribution in [0.3, 0.4) is 0 Å². The van der Waals surface area contributed by atoms with Crippen LogP contribution in [0.1, 0.15) is 144 Å². The van der Waals surface area contributed by atoms with Crippen LogP contribution in [-0.2, 0) is 9.47 Å². The number of carbonyl (C=O) groups is 2. The highest BCUT2D eigenvalue weighted by Crippen LogP contribution is 2.13. The fourth-order valence-electron chi connectivity index (χ4n) is 3.79. The first-order valence-corrected chi connectivity index (χ1v) is 13.5. The van der Waals surface area contributed by atoms with E-state index in [2.05, 4.69) is 18.8 Å². The molecule has 0 aliphatic carbocycles. The molecule has 188 valence electrons. The number of hydrogen-bond donors (Lipinski definition) is 0. The van der Waals surface area contributed by atoms with Crippen LogP contribution >= 0.6 is 0 Å². The van der Waals surface area contributed by atoms with Crippen LogP contribution in [0, 0.1) is 0 Å². The summed E-state index contributed by atoms with van der Waals surface area (Å²) in [5.41, 5.74) is 0.306. The third-order valence-electron chi connectivity index (χ3n) is 5.88. The molecule has 0 aliphatic rings. The predicted octanol–water partition coefficient (Wildman–Crippen LogP) is 8.07. The van der Waals surface area contributed by atoms with Crippen LogP contribution in [0.2, 0.25) is 0 Å². The van der Waals surface area contributed by atoms with Crippen LogP contribution in [0.15, 0.2) is 18.2 Å². The lowest BCUT2D eigenvalue weighted by Crippen LogP contribution is -2.13. The number of esters is 2. The van der Waals surface area contributed by atoms with E-state index in [-0.39, 0.29) is 11.4 Å². The Balaban J connectivity index is 2.04. The molecule has 5 heteroatoms. The van der Waals surface area contributed by atoms with Gasteiger partial charge in [-0.2, -0.15) is 0 Å². The summed E-state index contributed by atoms with van der Waals surface area (Å²) in [4.78, 5) is 28.4. The molecule has 0 aliphatic heterocycles. The zero-order valence-electron chi connectivity index (χ0n) is 21.2. The van der Waals surface area contributed by atoms with Gasteiger partial charge < -0.3 is 9.47 Å². The Labute approximate surface area is 202 Å². The van der Waals surface area contributed by atoms with Gasteiger partial charge in [0.05, 0.1) is 13.2 Å². The van der Waals surface area contributed by atoms with Gasteiger partial charge in [-0.25, -0.2) is 14.6 Å². The maximum atomic E-state index is 12.2. The number of rotatable bonds is 21. The molecule has 0 bridgehead atoms. The fourth-order valence-corrected chi connectivity index (χ4v) is 3.79. The van der Waals surface area contributed by atoms with Gasteiger partial charge in [-0.15, -0.1) is 0 Å². The van der Waals surface area contributed by atoms with Crippen molar-refractivity contribution in [2.24, 2.45) is 0 Å². The smallest absolute Gasteiger partial charge is 0.356 e. The van der Waals surface area contributed by atoms with Crippen LogP contribution in [0.25, 0.3) is 0 Å². The monoisotopic (exact) mass is 461 g/mol. The number of hydrogen-bond acceptors (Lipinski definition) is 5. The van der Waals surface area contributed by atoms with Gasteiger partial charge >= 0.3 is 11.9 Å². The van der Waals surface area contributed by atoms with Crippen molar-refractivity contribution in [3.05, 3.63) is 29.6 Å². The van der Waals surface area contributed by atoms with Crippen LogP contribution in [0.4, 0.5) is 0 Å². The quantitative estimate of drug-likeness (QED) is 0.137. The molecule has 0 saturated carbocycles. The zero-order chi connectivity index (χ0) is 24.0. The average molecular weight is 462 g/mol. The van der Waals surface area contributed by atoms with Crippen molar-refractivity contribution in [3.8, 4) is 0 Å². The molecule has 1 aromatic rings. The number of nitrogens with zero attached hydrogens (tertiary/aromatic N) is 1. The Morgan fingerprint density at radius 2 is 0.909 bits per heavy atom. The second-order valence-corrected chi connectivity index (χ2v) is 8.98. The Morgan fingerprint density at radius 3 is 1.33 bits per heavy atom. The molecule has 0 spiro atoms. The van der Waals surface area contributed by atoms with Crippen LogP contribution in [0.5, 0.6) is 0 Å². The summed E-state index contributed by atoms with van der Waals surface area (Å²) in [5.74, 6) is -0.974. The van der Waals surface area contributed by atoms with Gasteiger partial charge in [-0.05, 0) is 25.0 Å². The maximum absolute atomic E-state index is 12.2. The van der Waals surface area contributed by atoms with E-state index in [4.69, 9.17) is 9.47 Å². The summed E-state index contributed by atoms with van der Waals surface area (Å²) in [5, 5.41) is 0.